The van der Waals surface area contributed by atoms with Gasteiger partial charge in [0.15, 0.2) is 0 Å². The number of allylic oxidation sites excluding steroid dienone is 17. The molecule has 0 aromatic carbocycles. The van der Waals surface area contributed by atoms with Crippen molar-refractivity contribution in [3.05, 3.63) is 118 Å². The molecule has 0 spiro atoms. The summed E-state index contributed by atoms with van der Waals surface area (Å²) in [5.41, 5.74) is 9.97. The van der Waals surface area contributed by atoms with E-state index in [9.17, 15) is 0 Å². The molecular formula is C40H56O. The summed E-state index contributed by atoms with van der Waals surface area (Å²) >= 11 is 0. The molecule has 0 N–H and O–H groups in total. The second kappa shape index (κ2) is 14.0. The first-order chi connectivity index (χ1) is 19.2. The second-order valence-electron chi connectivity index (χ2n) is 14.1. The van der Waals surface area contributed by atoms with E-state index in [1.54, 1.807) is 5.57 Å². The van der Waals surface area contributed by atoms with Gasteiger partial charge in [0.2, 0.25) is 0 Å². The summed E-state index contributed by atoms with van der Waals surface area (Å²) in [6.45, 7) is 22.7. The van der Waals surface area contributed by atoms with Crippen molar-refractivity contribution in [3.8, 4) is 0 Å². The van der Waals surface area contributed by atoms with Crippen LogP contribution in [0.2, 0.25) is 0 Å². The molecule has 1 aliphatic heterocycles. The van der Waals surface area contributed by atoms with Gasteiger partial charge < -0.3 is 4.74 Å². The van der Waals surface area contributed by atoms with E-state index < -0.39 is 0 Å². The standard InChI is InChI=1S/C40H56O/c1-30(19-13-20-32(3)24-25-35-33(4)23-15-26-38(35,6)7)17-11-12-18-31(2)21-14-22-34(5)36-29-37-39(8,9)27-16-28-40(37,10)41-36/h11-14,17-22,24-25,29,36H,15-16,23,26-28H2,1-10H3/b12-11+,19-13+,21-14+,25-24+,30-17+,31-18+,32-20+,34-22+. The molecule has 0 saturated heterocycles. The van der Waals surface area contributed by atoms with Crippen LogP contribution in [-0.2, 0) is 4.74 Å². The predicted molar refractivity (Wildman–Crippen MR) is 181 cm³/mol. The summed E-state index contributed by atoms with van der Waals surface area (Å²) in [5.74, 6) is 0. The zero-order valence-electron chi connectivity index (χ0n) is 27.7. The molecule has 1 nitrogen and oxygen atoms in total. The van der Waals surface area contributed by atoms with Crippen LogP contribution < -0.4 is 0 Å². The molecule has 41 heavy (non-hydrogen) atoms. The van der Waals surface area contributed by atoms with E-state index in [4.69, 9.17) is 4.74 Å². The lowest BCUT2D eigenvalue weighted by Gasteiger charge is -2.42. The van der Waals surface area contributed by atoms with Crippen molar-refractivity contribution in [1.29, 1.82) is 0 Å². The smallest absolute Gasteiger partial charge is 0.0982 e. The summed E-state index contributed by atoms with van der Waals surface area (Å²) in [5, 5.41) is 0. The Labute approximate surface area is 252 Å². The third-order valence-corrected chi connectivity index (χ3v) is 9.23. The van der Waals surface area contributed by atoms with Crippen LogP contribution in [-0.4, -0.2) is 11.7 Å². The molecule has 2 atom stereocenters. The van der Waals surface area contributed by atoms with Crippen LogP contribution in [0.4, 0.5) is 0 Å². The molecule has 0 bridgehead atoms. The Balaban J connectivity index is 1.51. The predicted octanol–water partition coefficient (Wildman–Crippen LogP) is 11.8. The summed E-state index contributed by atoms with van der Waals surface area (Å²) in [7, 11) is 0. The van der Waals surface area contributed by atoms with Crippen molar-refractivity contribution in [3.63, 3.8) is 0 Å². The SMILES string of the molecule is CC1=C(/C=C/C(C)=C/C=C/C(C)=C/C=C/C=C(C)/C=C/C=C(\C)C2C=C3C(C)(C)CCCC3(C)O2)C(C)(C)CCC1. The fourth-order valence-corrected chi connectivity index (χ4v) is 6.67. The van der Waals surface area contributed by atoms with Gasteiger partial charge in [-0.3, -0.25) is 0 Å². The highest BCUT2D eigenvalue weighted by atomic mass is 16.5. The normalized spacial score (nSPS) is 28.0. The van der Waals surface area contributed by atoms with Crippen LogP contribution in [0, 0.1) is 10.8 Å². The molecule has 0 amide bonds. The minimum absolute atomic E-state index is 0.0858. The fraction of sp³-hybridized carbons (Fsp3) is 0.500. The molecule has 2 aliphatic carbocycles. The zero-order chi connectivity index (χ0) is 30.3. The average molecular weight is 553 g/mol. The highest BCUT2D eigenvalue weighted by Crippen LogP contribution is 2.51. The van der Waals surface area contributed by atoms with Crippen LogP contribution in [0.15, 0.2) is 118 Å². The van der Waals surface area contributed by atoms with Crippen molar-refractivity contribution in [2.75, 3.05) is 0 Å². The Morgan fingerprint density at radius 2 is 1.27 bits per heavy atom. The number of hydrogen-bond donors (Lipinski definition) is 0. The van der Waals surface area contributed by atoms with E-state index in [1.165, 1.54) is 65.5 Å². The number of hydrogen-bond acceptors (Lipinski definition) is 1. The lowest BCUT2D eigenvalue weighted by molar-refractivity contribution is -0.0307. The summed E-state index contributed by atoms with van der Waals surface area (Å²) in [6, 6.07) is 0. The largest absolute Gasteiger partial charge is 0.359 e. The van der Waals surface area contributed by atoms with E-state index in [2.05, 4.69) is 148 Å². The quantitative estimate of drug-likeness (QED) is 0.204. The van der Waals surface area contributed by atoms with Crippen molar-refractivity contribution < 1.29 is 4.74 Å². The molecule has 1 heterocycles. The van der Waals surface area contributed by atoms with Gasteiger partial charge in [0.25, 0.3) is 0 Å². The van der Waals surface area contributed by atoms with Crippen LogP contribution in [0.1, 0.15) is 108 Å². The molecule has 1 heteroatoms. The van der Waals surface area contributed by atoms with E-state index in [0.29, 0.717) is 0 Å². The average Bonchev–Trinajstić information content (AvgIpc) is 3.25. The highest BCUT2D eigenvalue weighted by Gasteiger charge is 2.47. The van der Waals surface area contributed by atoms with Gasteiger partial charge in [-0.25, -0.2) is 0 Å². The maximum Gasteiger partial charge on any atom is 0.0982 e. The van der Waals surface area contributed by atoms with Crippen molar-refractivity contribution >= 4 is 0 Å². The topological polar surface area (TPSA) is 9.23 Å². The van der Waals surface area contributed by atoms with Gasteiger partial charge >= 0.3 is 0 Å². The Hall–Kier alpha value is -2.64. The van der Waals surface area contributed by atoms with Gasteiger partial charge in [0, 0.05) is 0 Å². The Morgan fingerprint density at radius 3 is 1.88 bits per heavy atom. The van der Waals surface area contributed by atoms with Gasteiger partial charge in [-0.05, 0) is 114 Å². The number of ether oxygens (including phenoxy) is 1. The number of rotatable bonds is 9. The molecule has 1 saturated carbocycles. The monoisotopic (exact) mass is 552 g/mol. The lowest BCUT2D eigenvalue weighted by Crippen LogP contribution is -2.39. The van der Waals surface area contributed by atoms with Crippen molar-refractivity contribution in [1.82, 2.24) is 0 Å². The van der Waals surface area contributed by atoms with E-state index >= 15 is 0 Å². The fourth-order valence-electron chi connectivity index (χ4n) is 6.67. The van der Waals surface area contributed by atoms with E-state index in [0.717, 1.165) is 6.42 Å². The third-order valence-electron chi connectivity index (χ3n) is 9.23. The van der Waals surface area contributed by atoms with Gasteiger partial charge in [-0.1, -0.05) is 123 Å². The third kappa shape index (κ3) is 9.17. The molecule has 0 aromatic heterocycles. The Kier molecular flexibility index (Phi) is 11.2. The summed E-state index contributed by atoms with van der Waals surface area (Å²) in [6.07, 6.45) is 36.0. The molecular weight excluding hydrogens is 496 g/mol. The number of fused-ring (bicyclic) bond motifs is 1. The molecule has 3 aliphatic rings. The van der Waals surface area contributed by atoms with Crippen LogP contribution in [0.5, 0.6) is 0 Å². The zero-order valence-corrected chi connectivity index (χ0v) is 27.7. The minimum Gasteiger partial charge on any atom is -0.359 e. The van der Waals surface area contributed by atoms with Gasteiger partial charge in [0.05, 0.1) is 11.7 Å². The highest BCUT2D eigenvalue weighted by molar-refractivity contribution is 5.38. The summed E-state index contributed by atoms with van der Waals surface area (Å²) in [4.78, 5) is 0. The van der Waals surface area contributed by atoms with Crippen LogP contribution in [0.25, 0.3) is 0 Å². The Morgan fingerprint density at radius 1 is 0.707 bits per heavy atom. The van der Waals surface area contributed by atoms with Crippen LogP contribution in [0.3, 0.4) is 0 Å². The second-order valence-corrected chi connectivity index (χ2v) is 14.1. The molecule has 0 radical (unpaired) electrons. The molecule has 0 aromatic rings. The minimum atomic E-state index is -0.0952. The van der Waals surface area contributed by atoms with Gasteiger partial charge in [-0.2, -0.15) is 0 Å². The maximum atomic E-state index is 6.56. The van der Waals surface area contributed by atoms with Crippen molar-refractivity contribution in [2.45, 2.75) is 119 Å². The molecule has 2 unspecified atom stereocenters. The first kappa shape index (κ1) is 32.9. The van der Waals surface area contributed by atoms with Crippen molar-refractivity contribution in [2.24, 2.45) is 10.8 Å². The molecule has 1 fully saturated rings. The first-order valence-corrected chi connectivity index (χ1v) is 15.7. The van der Waals surface area contributed by atoms with Crippen LogP contribution >= 0.6 is 0 Å². The van der Waals surface area contributed by atoms with Gasteiger partial charge in [-0.15, -0.1) is 0 Å². The lowest BCUT2D eigenvalue weighted by atomic mass is 9.67. The Bertz CT molecular complexity index is 1260. The van der Waals surface area contributed by atoms with Gasteiger partial charge in [0.1, 0.15) is 0 Å². The molecule has 222 valence electrons. The van der Waals surface area contributed by atoms with E-state index in [1.807, 2.05) is 0 Å². The van der Waals surface area contributed by atoms with E-state index in [-0.39, 0.29) is 22.5 Å². The first-order valence-electron chi connectivity index (χ1n) is 15.7. The summed E-state index contributed by atoms with van der Waals surface area (Å²) < 4.78 is 6.56. The molecule has 3 rings (SSSR count). The maximum absolute atomic E-state index is 6.56.